The molecule has 2 amide bonds. The van der Waals surface area contributed by atoms with Crippen LogP contribution in [0.3, 0.4) is 0 Å². The van der Waals surface area contributed by atoms with E-state index in [1.807, 2.05) is 6.92 Å². The van der Waals surface area contributed by atoms with Gasteiger partial charge in [-0.2, -0.15) is 0 Å². The summed E-state index contributed by atoms with van der Waals surface area (Å²) in [6.07, 6.45) is 1.79. The van der Waals surface area contributed by atoms with E-state index in [0.717, 1.165) is 9.99 Å². The number of carbonyl (C=O) groups is 7. The summed E-state index contributed by atoms with van der Waals surface area (Å²) >= 11 is 2.07. The Morgan fingerprint density at radius 1 is 0.691 bits per heavy atom. The van der Waals surface area contributed by atoms with Gasteiger partial charge in [0.05, 0.1) is 35.4 Å². The molecule has 0 unspecified atom stereocenters. The van der Waals surface area contributed by atoms with Gasteiger partial charge in [0.1, 0.15) is 45.7 Å². The number of esters is 1. The first-order valence-electron chi connectivity index (χ1n) is 21.6. The number of hydrogen-bond acceptors (Lipinski definition) is 18. The third-order valence-corrected chi connectivity index (χ3v) is 15.1. The van der Waals surface area contributed by atoms with Crippen LogP contribution in [0.5, 0.6) is 11.5 Å². The van der Waals surface area contributed by atoms with Crippen molar-refractivity contribution in [2.24, 2.45) is 35.1 Å². The summed E-state index contributed by atoms with van der Waals surface area (Å²) in [5.74, 6) is -14.5. The number of fused-ring (bicyclic) bond motifs is 6. The number of benzene rings is 2. The molecule has 2 saturated carbocycles. The van der Waals surface area contributed by atoms with E-state index in [2.05, 4.69) is 22.6 Å². The van der Waals surface area contributed by atoms with Gasteiger partial charge in [-0.3, -0.25) is 38.6 Å². The van der Waals surface area contributed by atoms with Crippen LogP contribution in [0.1, 0.15) is 65.2 Å². The first-order chi connectivity index (χ1) is 31.8. The molecule has 0 aromatic heterocycles. The van der Waals surface area contributed by atoms with Gasteiger partial charge in [-0.1, -0.05) is 13.3 Å². The highest BCUT2D eigenvalue weighted by Crippen LogP contribution is 2.55. The largest absolute Gasteiger partial charge is 0.508 e. The number of aliphatic hydroxyl groups is 6. The first-order valence-corrected chi connectivity index (χ1v) is 22.7. The third-order valence-electron chi connectivity index (χ3n) is 14.1. The van der Waals surface area contributed by atoms with Crippen molar-refractivity contribution in [1.29, 1.82) is 0 Å². The number of likely N-dealkylation sites (N-methyl/N-ethyl adjacent to an activating group) is 2. The second-order valence-corrected chi connectivity index (χ2v) is 19.5. The molecule has 21 heteroatoms. The maximum Gasteiger partial charge on any atom is 0.338 e. The molecule has 2 aromatic rings. The highest BCUT2D eigenvalue weighted by Gasteiger charge is 2.66. The summed E-state index contributed by atoms with van der Waals surface area (Å²) in [4.78, 5) is 93.0. The van der Waals surface area contributed by atoms with E-state index in [9.17, 15) is 74.4 Å². The molecule has 8 rings (SSSR count). The summed E-state index contributed by atoms with van der Waals surface area (Å²) < 4.78 is 6.10. The Balaban J connectivity index is 0.000000204. The SMILES string of the molecule is CCCCOC(=O)c1ccc(O)c2c1C[C@H]1C[C@H]3[C@H](N(C)C)C(=O)C(C(N)=O)=C(O)[C@@]3(O)C(=O)C1=C2O.CN(C)[C@@H]1C(=O)C(C(N)=O)=C(O)[C@@]2(O)C(=O)C3=C(O)c4c(O)ccc(I)c4C[C@H]3C[C@@H]12. The Bertz CT molecular complexity index is 2770. The molecule has 0 bridgehead atoms. The molecule has 0 radical (unpaired) electrons. The Hall–Kier alpha value is -6.14. The number of carbonyl (C=O) groups excluding carboxylic acids is 7. The van der Waals surface area contributed by atoms with E-state index in [4.69, 9.17) is 16.2 Å². The summed E-state index contributed by atoms with van der Waals surface area (Å²) in [5, 5.41) is 87.6. The Labute approximate surface area is 402 Å². The van der Waals surface area contributed by atoms with E-state index < -0.39 is 128 Å². The Morgan fingerprint density at radius 3 is 1.51 bits per heavy atom. The number of phenolic OH excluding ortho intramolecular Hbond substituents is 2. The maximum absolute atomic E-state index is 13.8. The van der Waals surface area contributed by atoms with Crippen LogP contribution >= 0.6 is 22.6 Å². The highest BCUT2D eigenvalue weighted by atomic mass is 127. The average molecular weight is 1050 g/mol. The van der Waals surface area contributed by atoms with Gasteiger partial charge in [-0.25, -0.2) is 4.79 Å². The number of aliphatic hydroxyl groups excluding tert-OH is 4. The number of amides is 2. The molecule has 2 aromatic carbocycles. The lowest BCUT2D eigenvalue weighted by Gasteiger charge is -2.50. The van der Waals surface area contributed by atoms with Gasteiger partial charge < -0.3 is 57.1 Å². The molecule has 362 valence electrons. The van der Waals surface area contributed by atoms with Crippen LogP contribution in [0.4, 0.5) is 0 Å². The molecule has 12 N–H and O–H groups in total. The first kappa shape index (κ1) is 49.8. The van der Waals surface area contributed by atoms with E-state index >= 15 is 0 Å². The maximum atomic E-state index is 13.8. The zero-order valence-electron chi connectivity index (χ0n) is 37.5. The fourth-order valence-electron chi connectivity index (χ4n) is 11.0. The number of ether oxygens (including phenoxy) is 1. The van der Waals surface area contributed by atoms with Crippen LogP contribution < -0.4 is 11.5 Å². The molecular formula is C47H51IN4O16. The number of Topliss-reactive ketones (excluding diaryl/α,β-unsaturated/α-hetero) is 4. The number of nitrogens with two attached hydrogens (primary N) is 2. The van der Waals surface area contributed by atoms with Crippen molar-refractivity contribution >= 4 is 75.0 Å². The van der Waals surface area contributed by atoms with Crippen molar-refractivity contribution in [3.05, 3.63) is 89.5 Å². The third kappa shape index (κ3) is 7.27. The molecular weight excluding hydrogens is 1000 g/mol. The van der Waals surface area contributed by atoms with Gasteiger partial charge in [0.15, 0.2) is 22.8 Å². The topological polar surface area (TPSA) is 349 Å². The molecule has 6 aliphatic rings. The quantitative estimate of drug-likeness (QED) is 0.0775. The lowest BCUT2D eigenvalue weighted by molar-refractivity contribution is -0.155. The van der Waals surface area contributed by atoms with Gasteiger partial charge in [-0.05, 0) is 130 Å². The fourth-order valence-corrected chi connectivity index (χ4v) is 11.7. The highest BCUT2D eigenvalue weighted by molar-refractivity contribution is 14.1. The van der Waals surface area contributed by atoms with E-state index in [1.165, 1.54) is 42.1 Å². The number of halogens is 1. The van der Waals surface area contributed by atoms with Crippen LogP contribution in [-0.2, 0) is 46.3 Å². The molecule has 68 heavy (non-hydrogen) atoms. The van der Waals surface area contributed by atoms with Crippen molar-refractivity contribution in [2.45, 2.75) is 68.7 Å². The van der Waals surface area contributed by atoms with Crippen molar-refractivity contribution in [3.63, 3.8) is 0 Å². The van der Waals surface area contributed by atoms with Crippen molar-refractivity contribution < 1.29 is 79.2 Å². The number of hydrogen-bond donors (Lipinski definition) is 10. The number of ketones is 4. The summed E-state index contributed by atoms with van der Waals surface area (Å²) in [5.41, 5.74) is 4.14. The summed E-state index contributed by atoms with van der Waals surface area (Å²) in [6, 6.07) is 3.39. The predicted molar refractivity (Wildman–Crippen MR) is 246 cm³/mol. The molecule has 8 atom stereocenters. The second-order valence-electron chi connectivity index (χ2n) is 18.3. The van der Waals surface area contributed by atoms with E-state index in [1.54, 1.807) is 20.2 Å². The molecule has 2 fully saturated rings. The summed E-state index contributed by atoms with van der Waals surface area (Å²) in [6.45, 7) is 2.13. The monoisotopic (exact) mass is 1050 g/mol. The zero-order valence-corrected chi connectivity index (χ0v) is 39.7. The van der Waals surface area contributed by atoms with Crippen LogP contribution in [0, 0.1) is 27.2 Å². The van der Waals surface area contributed by atoms with Crippen LogP contribution in [0.2, 0.25) is 0 Å². The average Bonchev–Trinajstić information content (AvgIpc) is 3.24. The van der Waals surface area contributed by atoms with Crippen LogP contribution in [0.15, 0.2) is 58.1 Å². The van der Waals surface area contributed by atoms with Gasteiger partial charge in [0.2, 0.25) is 11.6 Å². The minimum Gasteiger partial charge on any atom is -0.508 e. The number of aromatic hydroxyl groups is 2. The molecule has 0 aliphatic heterocycles. The van der Waals surface area contributed by atoms with Gasteiger partial charge in [-0.15, -0.1) is 0 Å². The molecule has 20 nitrogen and oxygen atoms in total. The smallest absolute Gasteiger partial charge is 0.338 e. The minimum atomic E-state index is -2.71. The molecule has 0 spiro atoms. The van der Waals surface area contributed by atoms with Crippen molar-refractivity contribution in [3.8, 4) is 11.5 Å². The Kier molecular flexibility index (Phi) is 13.0. The lowest BCUT2D eigenvalue weighted by Crippen LogP contribution is -2.65. The van der Waals surface area contributed by atoms with Crippen molar-refractivity contribution in [2.75, 3.05) is 34.8 Å². The molecule has 0 saturated heterocycles. The van der Waals surface area contributed by atoms with E-state index in [0.29, 0.717) is 18.4 Å². The summed E-state index contributed by atoms with van der Waals surface area (Å²) in [7, 11) is 6.18. The number of phenols is 2. The Morgan fingerprint density at radius 2 is 1.10 bits per heavy atom. The number of unbranched alkanes of at least 4 members (excludes halogenated alkanes) is 1. The van der Waals surface area contributed by atoms with Crippen LogP contribution in [0.25, 0.3) is 11.5 Å². The van der Waals surface area contributed by atoms with Gasteiger partial charge >= 0.3 is 5.97 Å². The number of nitrogens with zero attached hydrogens (tertiary/aromatic N) is 2. The van der Waals surface area contributed by atoms with Crippen molar-refractivity contribution in [1.82, 2.24) is 9.80 Å². The second kappa shape index (κ2) is 17.7. The van der Waals surface area contributed by atoms with E-state index in [-0.39, 0.29) is 65.0 Å². The minimum absolute atomic E-state index is 0.0150. The van der Waals surface area contributed by atoms with Gasteiger partial charge in [0.25, 0.3) is 11.8 Å². The standard InChI is InChI=1S/C26H30N2O9.C21H21IN2O7/c1-4-5-8-37-25(35)12-6-7-15(29)17-13(12)9-11-10-14-19(28(2)3)21(31)18(24(27)34)23(33)26(14,36)22(32)16(11)20(17)30;1-24(2)15-9-6-7-5-8-10(22)3-4-11(25)13(8)16(26)12(7)18(28)21(9,31)19(29)14(17(15)27)20(23)30/h6-7,11,14,19,29-30,33,36H,4-5,8-10H2,1-3H3,(H2,27,34);3-4,7,9,15,25-26,29,31H,5-6H2,1-2H3,(H2,23,30)/t11-,14-,19-,26-;7-,9-,15-,21-/m00/s1. The normalized spacial score (nSPS) is 28.6. The molecule has 0 heterocycles. The fraction of sp³-hybridized carbons (Fsp3) is 0.426. The predicted octanol–water partition coefficient (Wildman–Crippen LogP) is 1.49. The lowest BCUT2D eigenvalue weighted by atomic mass is 9.57. The molecule has 6 aliphatic carbocycles. The van der Waals surface area contributed by atoms with Gasteiger partial charge in [0, 0.05) is 26.6 Å². The number of rotatable bonds is 8. The number of primary amides is 2. The van der Waals surface area contributed by atoms with Crippen LogP contribution in [-0.4, -0.2) is 150 Å². The zero-order chi connectivity index (χ0) is 50.4.